The van der Waals surface area contributed by atoms with E-state index in [0.29, 0.717) is 0 Å². The summed E-state index contributed by atoms with van der Waals surface area (Å²) in [5.74, 6) is -1.67. The first-order chi connectivity index (χ1) is 16.4. The van der Waals surface area contributed by atoms with Gasteiger partial charge in [0, 0.05) is 12.8 Å². The van der Waals surface area contributed by atoms with Crippen molar-refractivity contribution in [3.05, 3.63) is 107 Å². The van der Waals surface area contributed by atoms with Crippen LogP contribution in [-0.4, -0.2) is 29.3 Å². The van der Waals surface area contributed by atoms with E-state index in [4.69, 9.17) is 4.74 Å². The number of ether oxygens (including phenoxy) is 1. The molecule has 5 nitrogen and oxygen atoms in total. The molecule has 0 aromatic heterocycles. The molecule has 34 heavy (non-hydrogen) atoms. The lowest BCUT2D eigenvalue weighted by Gasteiger charge is -2.57. The highest BCUT2D eigenvalue weighted by Gasteiger charge is 2.74. The summed E-state index contributed by atoms with van der Waals surface area (Å²) in [6.07, 6.45) is 0. The van der Waals surface area contributed by atoms with E-state index < -0.39 is 22.7 Å². The first-order valence-corrected chi connectivity index (χ1v) is 11.6. The highest BCUT2D eigenvalue weighted by atomic mass is 16.5. The summed E-state index contributed by atoms with van der Waals surface area (Å²) in [6.45, 7) is 3.56. The highest BCUT2D eigenvalue weighted by Crippen LogP contribution is 2.69. The van der Waals surface area contributed by atoms with Crippen molar-refractivity contribution >= 4 is 17.8 Å². The number of nitrogens with zero attached hydrogens (tertiary/aromatic N) is 1. The van der Waals surface area contributed by atoms with Crippen molar-refractivity contribution in [3.63, 3.8) is 0 Å². The van der Waals surface area contributed by atoms with Crippen molar-refractivity contribution in [1.82, 2.24) is 4.90 Å². The summed E-state index contributed by atoms with van der Waals surface area (Å²) in [4.78, 5) is 41.8. The molecule has 2 atom stereocenters. The summed E-state index contributed by atoms with van der Waals surface area (Å²) in [6, 6.07) is 25.6. The Morgan fingerprint density at radius 1 is 0.882 bits per heavy atom. The molecule has 7 rings (SSSR count). The molecule has 2 unspecified atom stereocenters. The second-order valence-corrected chi connectivity index (χ2v) is 9.79. The van der Waals surface area contributed by atoms with Crippen LogP contribution in [0.15, 0.2) is 78.9 Å². The fourth-order valence-corrected chi connectivity index (χ4v) is 6.89. The number of likely N-dealkylation sites (tertiary alicyclic amines) is 1. The first-order valence-electron chi connectivity index (χ1n) is 11.6. The van der Waals surface area contributed by atoms with E-state index in [2.05, 4.69) is 12.1 Å². The molecule has 3 aromatic carbocycles. The van der Waals surface area contributed by atoms with E-state index in [0.717, 1.165) is 27.8 Å². The molecule has 1 heterocycles. The molecule has 4 aliphatic rings. The van der Waals surface area contributed by atoms with Gasteiger partial charge in [-0.05, 0) is 34.7 Å². The molecule has 170 valence electrons. The Bertz CT molecular complexity index is 1300. The molecule has 5 heteroatoms. The standard InChI is InChI=1S/C29H25NO4/c1-18(31)34-17-29-22-14-8-6-12-20(22)24(21-13-7-9-15-23(21)29)28(2)25(29)26(32)30(27(28)33)16-19-10-4-3-5-11-19/h3-15,24-25H,16-17H2,1-2H3. The predicted octanol–water partition coefficient (Wildman–Crippen LogP) is 4.19. The van der Waals surface area contributed by atoms with E-state index in [1.807, 2.05) is 73.7 Å². The van der Waals surface area contributed by atoms with Crippen LogP contribution in [-0.2, 0) is 31.1 Å². The van der Waals surface area contributed by atoms with Gasteiger partial charge >= 0.3 is 5.97 Å². The normalized spacial score (nSPS) is 28.4. The van der Waals surface area contributed by atoms with E-state index in [1.54, 1.807) is 0 Å². The number of hydrogen-bond acceptors (Lipinski definition) is 4. The van der Waals surface area contributed by atoms with Crippen molar-refractivity contribution in [2.24, 2.45) is 11.3 Å². The maximum absolute atomic E-state index is 14.2. The third-order valence-corrected chi connectivity index (χ3v) is 8.10. The fourth-order valence-electron chi connectivity index (χ4n) is 6.89. The third-order valence-electron chi connectivity index (χ3n) is 8.10. The van der Waals surface area contributed by atoms with Crippen LogP contribution in [0, 0.1) is 11.3 Å². The van der Waals surface area contributed by atoms with Crippen LogP contribution in [0.5, 0.6) is 0 Å². The summed E-state index contributed by atoms with van der Waals surface area (Å²) < 4.78 is 5.68. The van der Waals surface area contributed by atoms with E-state index in [9.17, 15) is 14.4 Å². The Hall–Kier alpha value is -3.73. The number of carbonyl (C=O) groups excluding carboxylic acids is 3. The van der Waals surface area contributed by atoms with Crippen molar-refractivity contribution in [1.29, 1.82) is 0 Å². The Morgan fingerprint density at radius 3 is 2.03 bits per heavy atom. The smallest absolute Gasteiger partial charge is 0.302 e. The number of esters is 1. The van der Waals surface area contributed by atoms with Gasteiger partial charge < -0.3 is 4.74 Å². The van der Waals surface area contributed by atoms with Crippen LogP contribution >= 0.6 is 0 Å². The van der Waals surface area contributed by atoms with Gasteiger partial charge in [-0.15, -0.1) is 0 Å². The van der Waals surface area contributed by atoms with Crippen LogP contribution in [0.3, 0.4) is 0 Å². The van der Waals surface area contributed by atoms with Crippen LogP contribution < -0.4 is 0 Å². The average Bonchev–Trinajstić information content (AvgIpc) is 3.05. The van der Waals surface area contributed by atoms with Crippen molar-refractivity contribution in [2.45, 2.75) is 31.7 Å². The van der Waals surface area contributed by atoms with E-state index >= 15 is 0 Å². The second-order valence-electron chi connectivity index (χ2n) is 9.79. The van der Waals surface area contributed by atoms with Crippen LogP contribution in [0.2, 0.25) is 0 Å². The summed E-state index contributed by atoms with van der Waals surface area (Å²) in [5, 5.41) is 0. The van der Waals surface area contributed by atoms with Crippen molar-refractivity contribution in [2.75, 3.05) is 6.61 Å². The lowest BCUT2D eigenvalue weighted by Crippen LogP contribution is -2.60. The zero-order valence-corrected chi connectivity index (χ0v) is 19.2. The van der Waals surface area contributed by atoms with Gasteiger partial charge in [-0.2, -0.15) is 0 Å². The van der Waals surface area contributed by atoms with Gasteiger partial charge in [-0.3, -0.25) is 19.3 Å². The molecule has 3 aromatic rings. The minimum atomic E-state index is -0.977. The Balaban J connectivity index is 1.61. The number of hydrogen-bond donors (Lipinski definition) is 0. The molecule has 3 aliphatic carbocycles. The minimum Gasteiger partial charge on any atom is -0.465 e. The van der Waals surface area contributed by atoms with Gasteiger partial charge in [0.15, 0.2) is 0 Å². The minimum absolute atomic E-state index is 0.0154. The SMILES string of the molecule is CC(=O)OCC12c3ccccc3C(c3ccccc31)C1(C)C(=O)N(Cc3ccccc3)C(=O)C21. The number of benzene rings is 3. The number of imide groups is 1. The molecule has 1 saturated heterocycles. The fraction of sp³-hybridized carbons (Fsp3) is 0.276. The van der Waals surface area contributed by atoms with Crippen LogP contribution in [0.25, 0.3) is 0 Å². The maximum Gasteiger partial charge on any atom is 0.302 e. The molecule has 0 saturated carbocycles. The number of amides is 2. The Kier molecular flexibility index (Phi) is 4.37. The van der Waals surface area contributed by atoms with Gasteiger partial charge in [0.1, 0.15) is 6.61 Å². The first kappa shape index (κ1) is 20.8. The van der Waals surface area contributed by atoms with Gasteiger partial charge in [0.25, 0.3) is 0 Å². The molecule has 2 bridgehead atoms. The molecular formula is C29H25NO4. The van der Waals surface area contributed by atoms with E-state index in [1.165, 1.54) is 11.8 Å². The van der Waals surface area contributed by atoms with Gasteiger partial charge in [-0.25, -0.2) is 0 Å². The average molecular weight is 452 g/mol. The molecule has 1 fully saturated rings. The number of rotatable bonds is 4. The molecule has 1 aliphatic heterocycles. The monoisotopic (exact) mass is 451 g/mol. The van der Waals surface area contributed by atoms with Crippen LogP contribution in [0.4, 0.5) is 0 Å². The largest absolute Gasteiger partial charge is 0.465 e. The lowest BCUT2D eigenvalue weighted by molar-refractivity contribution is -0.147. The Labute approximate surface area is 198 Å². The van der Waals surface area contributed by atoms with Gasteiger partial charge in [0.2, 0.25) is 11.8 Å². The third kappa shape index (κ3) is 2.47. The van der Waals surface area contributed by atoms with Gasteiger partial charge in [-0.1, -0.05) is 78.9 Å². The topological polar surface area (TPSA) is 63.7 Å². The zero-order valence-electron chi connectivity index (χ0n) is 19.2. The summed E-state index contributed by atoms with van der Waals surface area (Å²) >= 11 is 0. The molecular weight excluding hydrogens is 426 g/mol. The quantitative estimate of drug-likeness (QED) is 0.441. The lowest BCUT2D eigenvalue weighted by atomic mass is 9.42. The van der Waals surface area contributed by atoms with Crippen LogP contribution in [0.1, 0.15) is 47.6 Å². The summed E-state index contributed by atoms with van der Waals surface area (Å²) in [5.41, 5.74) is 3.03. The van der Waals surface area contributed by atoms with E-state index in [-0.39, 0.29) is 30.9 Å². The molecule has 0 spiro atoms. The van der Waals surface area contributed by atoms with Gasteiger partial charge in [0.05, 0.1) is 23.3 Å². The predicted molar refractivity (Wildman–Crippen MR) is 126 cm³/mol. The molecule has 2 amide bonds. The Morgan fingerprint density at radius 2 is 1.44 bits per heavy atom. The molecule has 0 N–H and O–H groups in total. The zero-order chi connectivity index (χ0) is 23.7. The highest BCUT2D eigenvalue weighted by molar-refractivity contribution is 6.10. The maximum atomic E-state index is 14.2. The number of carbonyl (C=O) groups is 3. The van der Waals surface area contributed by atoms with Crippen molar-refractivity contribution < 1.29 is 19.1 Å². The summed E-state index contributed by atoms with van der Waals surface area (Å²) in [7, 11) is 0. The van der Waals surface area contributed by atoms with Crippen molar-refractivity contribution in [3.8, 4) is 0 Å². The molecule has 0 radical (unpaired) electrons. The second kappa shape index (κ2) is 7.13.